The minimum Gasteiger partial charge on any atom is -0.497 e. The first-order valence-corrected chi connectivity index (χ1v) is 6.64. The Kier molecular flexibility index (Phi) is 3.47. The van der Waals surface area contributed by atoms with Crippen LogP contribution in [0.5, 0.6) is 5.75 Å². The van der Waals surface area contributed by atoms with E-state index in [-0.39, 0.29) is 0 Å². The molecule has 6 heteroatoms. The summed E-state index contributed by atoms with van der Waals surface area (Å²) < 4.78 is 11.6. The van der Waals surface area contributed by atoms with Gasteiger partial charge in [0.05, 0.1) is 12.8 Å². The summed E-state index contributed by atoms with van der Waals surface area (Å²) in [7, 11) is 1.62. The van der Waals surface area contributed by atoms with Crippen LogP contribution in [0.4, 0.5) is 0 Å². The standard InChI is InChI=1S/C14H10BrN3O2/c1-19-11-4-5-16-10(7-11)2-3-13-18-14-12(20-13)6-9(15)8-17-14/h2-8H,1H3/b3-2+. The van der Waals surface area contributed by atoms with E-state index in [1.54, 1.807) is 31.6 Å². The molecule has 0 aliphatic rings. The largest absolute Gasteiger partial charge is 0.497 e. The Morgan fingerprint density at radius 1 is 1.25 bits per heavy atom. The molecule has 3 rings (SSSR count). The molecule has 0 amide bonds. The maximum atomic E-state index is 5.58. The van der Waals surface area contributed by atoms with E-state index >= 15 is 0 Å². The molecule has 0 fully saturated rings. The number of rotatable bonds is 3. The summed E-state index contributed by atoms with van der Waals surface area (Å²) in [6, 6.07) is 5.45. The second kappa shape index (κ2) is 5.42. The predicted octanol–water partition coefficient (Wildman–Crippen LogP) is 3.56. The van der Waals surface area contributed by atoms with Gasteiger partial charge < -0.3 is 9.15 Å². The Bertz CT molecular complexity index is 783. The fourth-order valence-corrected chi connectivity index (χ4v) is 2.00. The zero-order valence-corrected chi connectivity index (χ0v) is 12.2. The van der Waals surface area contributed by atoms with Crippen molar-refractivity contribution in [3.63, 3.8) is 0 Å². The van der Waals surface area contributed by atoms with Gasteiger partial charge in [-0.15, -0.1) is 0 Å². The van der Waals surface area contributed by atoms with Gasteiger partial charge in [-0.2, -0.15) is 4.98 Å². The number of halogens is 1. The van der Waals surface area contributed by atoms with Crippen molar-refractivity contribution in [1.82, 2.24) is 15.0 Å². The number of hydrogen-bond acceptors (Lipinski definition) is 5. The number of ether oxygens (including phenoxy) is 1. The highest BCUT2D eigenvalue weighted by molar-refractivity contribution is 9.10. The number of pyridine rings is 2. The van der Waals surface area contributed by atoms with E-state index in [9.17, 15) is 0 Å². The molecule has 0 bridgehead atoms. The van der Waals surface area contributed by atoms with Gasteiger partial charge in [0.25, 0.3) is 0 Å². The monoisotopic (exact) mass is 331 g/mol. The summed E-state index contributed by atoms with van der Waals surface area (Å²) in [4.78, 5) is 12.6. The zero-order chi connectivity index (χ0) is 13.9. The first-order valence-electron chi connectivity index (χ1n) is 5.85. The lowest BCUT2D eigenvalue weighted by Crippen LogP contribution is -1.85. The molecule has 0 radical (unpaired) electrons. The number of hydrogen-bond donors (Lipinski definition) is 0. The topological polar surface area (TPSA) is 61.0 Å². The van der Waals surface area contributed by atoms with Crippen molar-refractivity contribution in [2.75, 3.05) is 7.11 Å². The highest BCUT2D eigenvalue weighted by atomic mass is 79.9. The van der Waals surface area contributed by atoms with Crippen molar-refractivity contribution < 1.29 is 9.15 Å². The molecule has 3 aromatic heterocycles. The smallest absolute Gasteiger partial charge is 0.221 e. The van der Waals surface area contributed by atoms with E-state index in [4.69, 9.17) is 9.15 Å². The number of nitrogens with zero attached hydrogens (tertiary/aromatic N) is 3. The van der Waals surface area contributed by atoms with E-state index in [0.29, 0.717) is 17.1 Å². The maximum Gasteiger partial charge on any atom is 0.221 e. The summed E-state index contributed by atoms with van der Waals surface area (Å²) in [5, 5.41) is 0. The molecule has 100 valence electrons. The normalized spacial score (nSPS) is 11.3. The lowest BCUT2D eigenvalue weighted by molar-refractivity contribution is 0.414. The average molecular weight is 332 g/mol. The summed E-state index contributed by atoms with van der Waals surface area (Å²) in [6.45, 7) is 0. The lowest BCUT2D eigenvalue weighted by Gasteiger charge is -1.98. The molecule has 5 nitrogen and oxygen atoms in total. The zero-order valence-electron chi connectivity index (χ0n) is 10.6. The fraction of sp³-hybridized carbons (Fsp3) is 0.0714. The number of methoxy groups -OCH3 is 1. The van der Waals surface area contributed by atoms with Gasteiger partial charge in [-0.05, 0) is 28.1 Å². The van der Waals surface area contributed by atoms with Crippen LogP contribution in [0.25, 0.3) is 23.4 Å². The van der Waals surface area contributed by atoms with Crippen LogP contribution in [-0.2, 0) is 0 Å². The fourth-order valence-electron chi connectivity index (χ4n) is 1.69. The molecule has 0 unspecified atom stereocenters. The molecular weight excluding hydrogens is 322 g/mol. The summed E-state index contributed by atoms with van der Waals surface area (Å²) in [5.41, 5.74) is 1.98. The van der Waals surface area contributed by atoms with Crippen LogP contribution in [0, 0.1) is 0 Å². The number of aromatic nitrogens is 3. The summed E-state index contributed by atoms with van der Waals surface area (Å²) in [6.07, 6.45) is 6.92. The molecule has 0 aromatic carbocycles. The van der Waals surface area contributed by atoms with Gasteiger partial charge in [0.1, 0.15) is 5.75 Å². The Balaban J connectivity index is 1.89. The average Bonchev–Trinajstić information content (AvgIpc) is 2.87. The van der Waals surface area contributed by atoms with Crippen molar-refractivity contribution in [2.45, 2.75) is 0 Å². The molecule has 0 atom stereocenters. The van der Waals surface area contributed by atoms with Gasteiger partial charge >= 0.3 is 0 Å². The maximum absolute atomic E-state index is 5.58. The second-order valence-corrected chi connectivity index (χ2v) is 4.90. The van der Waals surface area contributed by atoms with Crippen molar-refractivity contribution in [3.05, 3.63) is 46.7 Å². The summed E-state index contributed by atoms with van der Waals surface area (Å²) >= 11 is 3.34. The third-order valence-corrected chi connectivity index (χ3v) is 3.05. The van der Waals surface area contributed by atoms with Crippen molar-refractivity contribution in [3.8, 4) is 5.75 Å². The van der Waals surface area contributed by atoms with Crippen LogP contribution in [0.2, 0.25) is 0 Å². The van der Waals surface area contributed by atoms with Gasteiger partial charge in [-0.3, -0.25) is 4.98 Å². The van der Waals surface area contributed by atoms with Crippen molar-refractivity contribution in [2.24, 2.45) is 0 Å². The molecule has 0 aliphatic heterocycles. The number of fused-ring (bicyclic) bond motifs is 1. The molecule has 20 heavy (non-hydrogen) atoms. The molecule has 0 aliphatic carbocycles. The lowest BCUT2D eigenvalue weighted by atomic mass is 10.3. The quantitative estimate of drug-likeness (QED) is 0.734. The van der Waals surface area contributed by atoms with Crippen LogP contribution in [0.15, 0.2) is 39.5 Å². The van der Waals surface area contributed by atoms with E-state index in [1.807, 2.05) is 18.2 Å². The first kappa shape index (κ1) is 12.8. The van der Waals surface area contributed by atoms with Gasteiger partial charge in [0, 0.05) is 35.1 Å². The van der Waals surface area contributed by atoms with E-state index in [2.05, 4.69) is 30.9 Å². The van der Waals surface area contributed by atoms with Gasteiger partial charge in [-0.1, -0.05) is 0 Å². The van der Waals surface area contributed by atoms with Crippen molar-refractivity contribution in [1.29, 1.82) is 0 Å². The molecule has 3 aromatic rings. The third-order valence-electron chi connectivity index (χ3n) is 2.62. The minimum absolute atomic E-state index is 0.482. The molecule has 3 heterocycles. The van der Waals surface area contributed by atoms with Crippen LogP contribution in [0.3, 0.4) is 0 Å². The Morgan fingerprint density at radius 3 is 3.00 bits per heavy atom. The highest BCUT2D eigenvalue weighted by Crippen LogP contribution is 2.19. The van der Waals surface area contributed by atoms with E-state index in [0.717, 1.165) is 15.9 Å². The highest BCUT2D eigenvalue weighted by Gasteiger charge is 2.04. The first-order chi connectivity index (χ1) is 9.74. The summed E-state index contributed by atoms with van der Waals surface area (Å²) in [5.74, 6) is 1.23. The van der Waals surface area contributed by atoms with Gasteiger partial charge in [0.2, 0.25) is 5.89 Å². The Labute approximate surface area is 123 Å². The van der Waals surface area contributed by atoms with Crippen LogP contribution < -0.4 is 4.74 Å². The molecule has 0 saturated heterocycles. The van der Waals surface area contributed by atoms with E-state index < -0.39 is 0 Å². The van der Waals surface area contributed by atoms with Gasteiger partial charge in [0.15, 0.2) is 11.2 Å². The van der Waals surface area contributed by atoms with E-state index in [1.165, 1.54) is 0 Å². The third kappa shape index (κ3) is 2.70. The molecular formula is C14H10BrN3O2. The SMILES string of the molecule is COc1ccnc(/C=C/c2nc3ncc(Br)cc3o2)c1. The Morgan fingerprint density at radius 2 is 2.15 bits per heavy atom. The van der Waals surface area contributed by atoms with Crippen LogP contribution in [0.1, 0.15) is 11.6 Å². The van der Waals surface area contributed by atoms with Gasteiger partial charge in [-0.25, -0.2) is 4.98 Å². The number of oxazole rings is 1. The molecule has 0 N–H and O–H groups in total. The van der Waals surface area contributed by atoms with Crippen LogP contribution in [-0.4, -0.2) is 22.1 Å². The second-order valence-electron chi connectivity index (χ2n) is 3.98. The van der Waals surface area contributed by atoms with Crippen molar-refractivity contribution >= 4 is 39.3 Å². The molecule has 0 spiro atoms. The predicted molar refractivity (Wildman–Crippen MR) is 79.2 cm³/mol. The minimum atomic E-state index is 0.482. The van der Waals surface area contributed by atoms with Crippen LogP contribution >= 0.6 is 15.9 Å². The Hall–Kier alpha value is -2.21. The molecule has 0 saturated carbocycles.